The average Bonchev–Trinajstić information content (AvgIpc) is 2.41. The van der Waals surface area contributed by atoms with Crippen LogP contribution in [0.2, 0.25) is 10.0 Å². The molecule has 0 aliphatic rings. The first-order valence-corrected chi connectivity index (χ1v) is 10.00. The highest BCUT2D eigenvalue weighted by Crippen LogP contribution is 2.37. The molecule has 0 aromatic heterocycles. The van der Waals surface area contributed by atoms with Crippen LogP contribution in [-0.4, -0.2) is 15.0 Å². The second-order valence-corrected chi connectivity index (χ2v) is 8.03. The molecule has 1 aromatic rings. The van der Waals surface area contributed by atoms with Crippen LogP contribution in [0.3, 0.4) is 0 Å². The second kappa shape index (κ2) is 9.09. The quantitative estimate of drug-likeness (QED) is 0.414. The minimum absolute atomic E-state index is 0.0735. The normalized spacial score (nSPS) is 11.6. The minimum atomic E-state index is -3.91. The van der Waals surface area contributed by atoms with Gasteiger partial charge in [0.1, 0.15) is 15.7 Å². The van der Waals surface area contributed by atoms with Crippen molar-refractivity contribution in [3.05, 3.63) is 22.2 Å². The molecule has 120 valence electrons. The van der Waals surface area contributed by atoms with Crippen LogP contribution in [0.25, 0.3) is 0 Å². The second-order valence-electron chi connectivity index (χ2n) is 4.74. The Morgan fingerprint density at radius 1 is 1.00 bits per heavy atom. The summed E-state index contributed by atoms with van der Waals surface area (Å²) < 4.78 is 28.1. The number of ether oxygens (including phenoxy) is 1. The molecule has 0 unspecified atom stereocenters. The van der Waals surface area contributed by atoms with Crippen molar-refractivity contribution in [2.45, 2.75) is 50.3 Å². The molecule has 0 heterocycles. The predicted octanol–water partition coefficient (Wildman–Crippen LogP) is 5.66. The highest BCUT2D eigenvalue weighted by atomic mass is 35.7. The average molecular weight is 374 g/mol. The molecule has 0 bridgehead atoms. The van der Waals surface area contributed by atoms with Crippen LogP contribution in [0.1, 0.15) is 45.4 Å². The number of hydrogen-bond donors (Lipinski definition) is 0. The third-order valence-electron chi connectivity index (χ3n) is 3.03. The van der Waals surface area contributed by atoms with Crippen molar-refractivity contribution in [3.8, 4) is 5.75 Å². The maximum Gasteiger partial charge on any atom is 0.262 e. The van der Waals surface area contributed by atoms with Crippen LogP contribution < -0.4 is 4.74 Å². The van der Waals surface area contributed by atoms with Crippen molar-refractivity contribution < 1.29 is 13.2 Å². The van der Waals surface area contributed by atoms with E-state index in [0.717, 1.165) is 12.8 Å². The molecule has 0 aliphatic carbocycles. The molecule has 0 N–H and O–H groups in total. The van der Waals surface area contributed by atoms with Gasteiger partial charge in [0, 0.05) is 10.7 Å². The maximum absolute atomic E-state index is 11.3. The molecule has 0 amide bonds. The van der Waals surface area contributed by atoms with Gasteiger partial charge in [-0.3, -0.25) is 0 Å². The summed E-state index contributed by atoms with van der Waals surface area (Å²) in [6, 6.07) is 2.77. The Hall–Kier alpha value is -0.160. The fourth-order valence-corrected chi connectivity index (χ4v) is 3.67. The molecule has 0 atom stereocenters. The Labute approximate surface area is 141 Å². The Kier molecular flexibility index (Phi) is 8.17. The smallest absolute Gasteiger partial charge is 0.262 e. The standard InChI is InChI=1S/C14H19Cl3O3S/c1-2-3-4-5-6-7-10-20-11-8-9-12(21(17,18)19)14(16)13(11)15/h8-9H,2-7,10H2,1H3. The first-order chi connectivity index (χ1) is 9.88. The van der Waals surface area contributed by atoms with Gasteiger partial charge in [-0.25, -0.2) is 8.42 Å². The zero-order valence-corrected chi connectivity index (χ0v) is 15.0. The van der Waals surface area contributed by atoms with E-state index in [1.807, 2.05) is 0 Å². The van der Waals surface area contributed by atoms with Crippen molar-refractivity contribution in [2.75, 3.05) is 6.61 Å². The van der Waals surface area contributed by atoms with E-state index in [9.17, 15) is 8.42 Å². The Bertz CT molecular complexity index is 559. The van der Waals surface area contributed by atoms with Crippen molar-refractivity contribution in [3.63, 3.8) is 0 Å². The van der Waals surface area contributed by atoms with Gasteiger partial charge in [0.15, 0.2) is 0 Å². The molecule has 21 heavy (non-hydrogen) atoms. The Balaban J connectivity index is 2.52. The molecule has 3 nitrogen and oxygen atoms in total. The lowest BCUT2D eigenvalue weighted by atomic mass is 10.1. The molecule has 7 heteroatoms. The monoisotopic (exact) mass is 372 g/mol. The first kappa shape index (κ1) is 18.9. The largest absolute Gasteiger partial charge is 0.492 e. The first-order valence-electron chi connectivity index (χ1n) is 6.93. The van der Waals surface area contributed by atoms with Crippen LogP contribution in [0.15, 0.2) is 17.0 Å². The highest BCUT2D eigenvalue weighted by molar-refractivity contribution is 8.13. The topological polar surface area (TPSA) is 43.4 Å². The fourth-order valence-electron chi connectivity index (χ4n) is 1.88. The number of unbranched alkanes of at least 4 members (excludes halogenated alkanes) is 5. The molecular weight excluding hydrogens is 355 g/mol. The van der Waals surface area contributed by atoms with Gasteiger partial charge in [-0.2, -0.15) is 0 Å². The summed E-state index contributed by atoms with van der Waals surface area (Å²) in [5.74, 6) is 0.374. The number of hydrogen-bond acceptors (Lipinski definition) is 3. The lowest BCUT2D eigenvalue weighted by molar-refractivity contribution is 0.304. The molecule has 0 saturated carbocycles. The lowest BCUT2D eigenvalue weighted by Crippen LogP contribution is -2.00. The van der Waals surface area contributed by atoms with Gasteiger partial charge in [-0.1, -0.05) is 62.2 Å². The molecule has 1 aromatic carbocycles. The third kappa shape index (κ3) is 6.23. The van der Waals surface area contributed by atoms with Crippen LogP contribution >= 0.6 is 33.9 Å². The van der Waals surface area contributed by atoms with E-state index in [0.29, 0.717) is 12.4 Å². The summed E-state index contributed by atoms with van der Waals surface area (Å²) in [6.45, 7) is 2.70. The van der Waals surface area contributed by atoms with Crippen molar-refractivity contribution in [1.29, 1.82) is 0 Å². The lowest BCUT2D eigenvalue weighted by Gasteiger charge is -2.10. The maximum atomic E-state index is 11.3. The molecular formula is C14H19Cl3O3S. The molecule has 0 saturated heterocycles. The van der Waals surface area contributed by atoms with Gasteiger partial charge in [0.05, 0.1) is 11.6 Å². The van der Waals surface area contributed by atoms with E-state index in [1.165, 1.54) is 37.8 Å². The van der Waals surface area contributed by atoms with Crippen molar-refractivity contribution in [2.24, 2.45) is 0 Å². The molecule has 1 rings (SSSR count). The number of benzene rings is 1. The molecule has 0 aliphatic heterocycles. The summed E-state index contributed by atoms with van der Waals surface area (Å²) in [7, 11) is 1.35. The van der Waals surface area contributed by atoms with Gasteiger partial charge in [0.25, 0.3) is 9.05 Å². The van der Waals surface area contributed by atoms with E-state index in [-0.39, 0.29) is 14.9 Å². The van der Waals surface area contributed by atoms with Gasteiger partial charge in [-0.05, 0) is 18.6 Å². The van der Waals surface area contributed by atoms with Gasteiger partial charge in [0.2, 0.25) is 0 Å². The molecule has 0 fully saturated rings. The summed E-state index contributed by atoms with van der Waals surface area (Å²) in [5.41, 5.74) is 0. The third-order valence-corrected chi connectivity index (χ3v) is 5.37. The SMILES string of the molecule is CCCCCCCCOc1ccc(S(=O)(=O)Cl)c(Cl)c1Cl. The predicted molar refractivity (Wildman–Crippen MR) is 88.4 cm³/mol. The highest BCUT2D eigenvalue weighted by Gasteiger charge is 2.19. The van der Waals surface area contributed by atoms with Gasteiger partial charge >= 0.3 is 0 Å². The van der Waals surface area contributed by atoms with Crippen molar-refractivity contribution >= 4 is 42.9 Å². The van der Waals surface area contributed by atoms with Crippen molar-refractivity contribution in [1.82, 2.24) is 0 Å². The van der Waals surface area contributed by atoms with E-state index in [1.54, 1.807) is 0 Å². The molecule has 0 radical (unpaired) electrons. The van der Waals surface area contributed by atoms with E-state index in [4.69, 9.17) is 38.6 Å². The fraction of sp³-hybridized carbons (Fsp3) is 0.571. The number of rotatable bonds is 9. The van der Waals surface area contributed by atoms with Gasteiger partial charge in [-0.15, -0.1) is 0 Å². The van der Waals surface area contributed by atoms with Crippen LogP contribution in [-0.2, 0) is 9.05 Å². The zero-order valence-electron chi connectivity index (χ0n) is 11.9. The Morgan fingerprint density at radius 2 is 1.62 bits per heavy atom. The minimum Gasteiger partial charge on any atom is -0.492 e. The van der Waals surface area contributed by atoms with Crippen LogP contribution in [0, 0.1) is 0 Å². The number of halogens is 3. The van der Waals surface area contributed by atoms with Gasteiger partial charge < -0.3 is 4.74 Å². The molecule has 0 spiro atoms. The summed E-state index contributed by atoms with van der Waals surface area (Å²) in [6.07, 6.45) is 6.93. The zero-order chi connectivity index (χ0) is 15.9. The summed E-state index contributed by atoms with van der Waals surface area (Å²) in [4.78, 5) is -0.206. The van der Waals surface area contributed by atoms with Crippen LogP contribution in [0.5, 0.6) is 5.75 Å². The van der Waals surface area contributed by atoms with Crippen LogP contribution in [0.4, 0.5) is 0 Å². The van der Waals surface area contributed by atoms with E-state index < -0.39 is 9.05 Å². The van der Waals surface area contributed by atoms with E-state index in [2.05, 4.69) is 6.92 Å². The summed E-state index contributed by atoms with van der Waals surface area (Å²) in [5, 5.41) is -0.0310. The summed E-state index contributed by atoms with van der Waals surface area (Å²) >= 11 is 11.9. The Morgan fingerprint density at radius 3 is 2.24 bits per heavy atom. The van der Waals surface area contributed by atoms with E-state index >= 15 is 0 Å².